The molecule has 0 aliphatic heterocycles. The highest BCUT2D eigenvalue weighted by atomic mass is 32.1. The number of rotatable bonds is 3. The van der Waals surface area contributed by atoms with Gasteiger partial charge in [-0.1, -0.05) is 6.92 Å². The number of carbonyl (C=O) groups excluding carboxylic acids is 1. The van der Waals surface area contributed by atoms with Crippen LogP contribution in [0.5, 0.6) is 0 Å². The first kappa shape index (κ1) is 11.0. The van der Waals surface area contributed by atoms with Crippen LogP contribution in [0.4, 0.5) is 5.00 Å². The summed E-state index contributed by atoms with van der Waals surface area (Å²) in [6, 6.07) is 0.168. The minimum absolute atomic E-state index is 0.122. The molecule has 0 spiro atoms. The lowest BCUT2D eigenvalue weighted by Gasteiger charge is -2.10. The topological polar surface area (TPSA) is 68.0 Å². The maximum Gasteiger partial charge on any atom is 0.256 e. The molecule has 1 amide bonds. The van der Waals surface area contributed by atoms with Gasteiger partial charge in [0.2, 0.25) is 0 Å². The van der Waals surface area contributed by atoms with Crippen LogP contribution >= 0.6 is 11.5 Å². The van der Waals surface area contributed by atoms with Gasteiger partial charge in [-0.25, -0.2) is 0 Å². The number of amides is 1. The van der Waals surface area contributed by atoms with E-state index in [-0.39, 0.29) is 11.9 Å². The van der Waals surface area contributed by atoms with Gasteiger partial charge in [-0.2, -0.15) is 4.37 Å². The second kappa shape index (κ2) is 4.41. The summed E-state index contributed by atoms with van der Waals surface area (Å²) >= 11 is 1.16. The predicted octanol–water partition coefficient (Wildman–Crippen LogP) is 1.56. The SMILES string of the molecule is CCC(C)NC(=O)c1c(C)nsc1N. The average molecular weight is 213 g/mol. The molecule has 0 bridgehead atoms. The molecule has 0 aliphatic rings. The molecule has 1 atom stereocenters. The van der Waals surface area contributed by atoms with Crippen LogP contribution in [0.1, 0.15) is 36.3 Å². The molecule has 1 aromatic rings. The van der Waals surface area contributed by atoms with E-state index < -0.39 is 0 Å². The third kappa shape index (κ3) is 2.23. The van der Waals surface area contributed by atoms with Gasteiger partial charge in [0.15, 0.2) is 0 Å². The van der Waals surface area contributed by atoms with Crippen LogP contribution < -0.4 is 11.1 Å². The fraction of sp³-hybridized carbons (Fsp3) is 0.556. The molecule has 0 radical (unpaired) electrons. The number of anilines is 1. The number of nitrogens with one attached hydrogen (secondary N) is 1. The van der Waals surface area contributed by atoms with E-state index in [1.807, 2.05) is 13.8 Å². The van der Waals surface area contributed by atoms with Gasteiger partial charge in [-0.3, -0.25) is 4.79 Å². The third-order valence-electron chi connectivity index (χ3n) is 2.11. The van der Waals surface area contributed by atoms with Gasteiger partial charge in [-0.15, -0.1) is 0 Å². The monoisotopic (exact) mass is 213 g/mol. The summed E-state index contributed by atoms with van der Waals surface area (Å²) in [4.78, 5) is 11.7. The van der Waals surface area contributed by atoms with E-state index in [1.54, 1.807) is 6.92 Å². The van der Waals surface area contributed by atoms with Gasteiger partial charge in [0, 0.05) is 6.04 Å². The van der Waals surface area contributed by atoms with Gasteiger partial charge < -0.3 is 11.1 Å². The molecule has 14 heavy (non-hydrogen) atoms. The number of nitrogen functional groups attached to an aromatic ring is 1. The Hall–Kier alpha value is -1.10. The molecule has 5 heteroatoms. The fourth-order valence-electron chi connectivity index (χ4n) is 1.06. The second-order valence-electron chi connectivity index (χ2n) is 3.29. The van der Waals surface area contributed by atoms with Gasteiger partial charge in [0.25, 0.3) is 5.91 Å². The van der Waals surface area contributed by atoms with E-state index in [9.17, 15) is 4.79 Å². The Morgan fingerprint density at radius 1 is 1.71 bits per heavy atom. The molecule has 1 heterocycles. The number of hydrogen-bond acceptors (Lipinski definition) is 4. The largest absolute Gasteiger partial charge is 0.389 e. The first-order valence-electron chi connectivity index (χ1n) is 4.58. The van der Waals surface area contributed by atoms with Crippen molar-refractivity contribution in [1.82, 2.24) is 9.69 Å². The molecule has 0 saturated carbocycles. The van der Waals surface area contributed by atoms with Crippen LogP contribution in [0.2, 0.25) is 0 Å². The zero-order valence-corrected chi connectivity index (χ0v) is 9.44. The van der Waals surface area contributed by atoms with Crippen molar-refractivity contribution in [3.8, 4) is 0 Å². The van der Waals surface area contributed by atoms with E-state index in [2.05, 4.69) is 9.69 Å². The van der Waals surface area contributed by atoms with Crippen molar-refractivity contribution < 1.29 is 4.79 Å². The molecule has 0 fully saturated rings. The first-order chi connectivity index (χ1) is 6.56. The predicted molar refractivity (Wildman–Crippen MR) is 58.5 cm³/mol. The molecule has 4 nitrogen and oxygen atoms in total. The van der Waals surface area contributed by atoms with Gasteiger partial charge in [0.1, 0.15) is 5.00 Å². The first-order valence-corrected chi connectivity index (χ1v) is 5.36. The zero-order chi connectivity index (χ0) is 10.7. The number of nitrogens with zero attached hydrogens (tertiary/aromatic N) is 1. The Balaban J connectivity index is 2.79. The van der Waals surface area contributed by atoms with Crippen LogP contribution in [0.25, 0.3) is 0 Å². The van der Waals surface area contributed by atoms with Crippen molar-refractivity contribution in [2.75, 3.05) is 5.73 Å². The van der Waals surface area contributed by atoms with E-state index >= 15 is 0 Å². The molecular formula is C9H15N3OS. The summed E-state index contributed by atoms with van der Waals surface area (Å²) in [5, 5.41) is 3.35. The summed E-state index contributed by atoms with van der Waals surface area (Å²) in [6.07, 6.45) is 0.905. The van der Waals surface area contributed by atoms with Crippen LogP contribution in [0.15, 0.2) is 0 Å². The van der Waals surface area contributed by atoms with E-state index in [0.717, 1.165) is 18.0 Å². The maximum absolute atomic E-state index is 11.7. The van der Waals surface area contributed by atoms with Crippen molar-refractivity contribution in [2.24, 2.45) is 0 Å². The van der Waals surface area contributed by atoms with E-state index in [0.29, 0.717) is 16.3 Å². The van der Waals surface area contributed by atoms with Crippen molar-refractivity contribution in [3.63, 3.8) is 0 Å². The fourth-order valence-corrected chi connectivity index (χ4v) is 1.72. The highest BCUT2D eigenvalue weighted by molar-refractivity contribution is 7.10. The quantitative estimate of drug-likeness (QED) is 0.800. The second-order valence-corrected chi connectivity index (χ2v) is 4.09. The van der Waals surface area contributed by atoms with Gasteiger partial charge in [0.05, 0.1) is 11.3 Å². The number of aromatic nitrogens is 1. The minimum atomic E-state index is -0.122. The highest BCUT2D eigenvalue weighted by Gasteiger charge is 2.17. The van der Waals surface area contributed by atoms with Crippen molar-refractivity contribution >= 4 is 22.4 Å². The van der Waals surface area contributed by atoms with Crippen molar-refractivity contribution in [3.05, 3.63) is 11.3 Å². The minimum Gasteiger partial charge on any atom is -0.389 e. The number of carbonyl (C=O) groups is 1. The average Bonchev–Trinajstić information content (AvgIpc) is 2.46. The standard InChI is InChI=1S/C9H15N3OS/c1-4-5(2)11-9(13)7-6(3)12-14-8(7)10/h5H,4,10H2,1-3H3,(H,11,13). The molecular weight excluding hydrogens is 198 g/mol. The van der Waals surface area contributed by atoms with Gasteiger partial charge >= 0.3 is 0 Å². The Labute approximate surface area is 87.7 Å². The summed E-state index contributed by atoms with van der Waals surface area (Å²) in [6.45, 7) is 5.77. The molecule has 0 aliphatic carbocycles. The molecule has 0 saturated heterocycles. The molecule has 0 aromatic carbocycles. The van der Waals surface area contributed by atoms with E-state index in [4.69, 9.17) is 5.73 Å². The maximum atomic E-state index is 11.7. The lowest BCUT2D eigenvalue weighted by molar-refractivity contribution is 0.0940. The molecule has 1 rings (SSSR count). The summed E-state index contributed by atoms with van der Waals surface area (Å²) in [5.74, 6) is -0.122. The number of nitrogens with two attached hydrogens (primary N) is 1. The highest BCUT2D eigenvalue weighted by Crippen LogP contribution is 2.20. The van der Waals surface area contributed by atoms with Crippen LogP contribution in [-0.2, 0) is 0 Å². The number of hydrogen-bond donors (Lipinski definition) is 2. The molecule has 78 valence electrons. The summed E-state index contributed by atoms with van der Waals surface area (Å²) in [7, 11) is 0. The van der Waals surface area contributed by atoms with Gasteiger partial charge in [-0.05, 0) is 31.8 Å². The van der Waals surface area contributed by atoms with E-state index in [1.165, 1.54) is 0 Å². The molecule has 1 unspecified atom stereocenters. The Bertz CT molecular complexity index is 315. The lowest BCUT2D eigenvalue weighted by Crippen LogP contribution is -2.32. The van der Waals surface area contributed by atoms with Crippen LogP contribution in [0.3, 0.4) is 0 Å². The third-order valence-corrected chi connectivity index (χ3v) is 2.87. The summed E-state index contributed by atoms with van der Waals surface area (Å²) < 4.78 is 4.03. The normalized spacial score (nSPS) is 12.5. The number of aryl methyl sites for hydroxylation is 1. The van der Waals surface area contributed by atoms with Crippen LogP contribution in [0, 0.1) is 6.92 Å². The lowest BCUT2D eigenvalue weighted by atomic mass is 10.2. The van der Waals surface area contributed by atoms with Crippen molar-refractivity contribution in [1.29, 1.82) is 0 Å². The Morgan fingerprint density at radius 2 is 2.36 bits per heavy atom. The molecule has 3 N–H and O–H groups in total. The Morgan fingerprint density at radius 3 is 2.79 bits per heavy atom. The Kier molecular flexibility index (Phi) is 3.46. The van der Waals surface area contributed by atoms with Crippen LogP contribution in [-0.4, -0.2) is 16.3 Å². The van der Waals surface area contributed by atoms with Crippen molar-refractivity contribution in [2.45, 2.75) is 33.2 Å². The smallest absolute Gasteiger partial charge is 0.256 e. The molecule has 1 aromatic heterocycles. The summed E-state index contributed by atoms with van der Waals surface area (Å²) in [5.41, 5.74) is 6.88. The zero-order valence-electron chi connectivity index (χ0n) is 8.63.